The summed E-state index contributed by atoms with van der Waals surface area (Å²) in [7, 11) is 1.27. The van der Waals surface area contributed by atoms with Gasteiger partial charge in [0.25, 0.3) is 0 Å². The lowest BCUT2D eigenvalue weighted by Crippen LogP contribution is -2.57. The lowest BCUT2D eigenvalue weighted by molar-refractivity contribution is -0.150. The molecule has 1 heterocycles. The molecule has 2 N–H and O–H groups in total. The number of hydrogen-bond acceptors (Lipinski definition) is 5. The average Bonchev–Trinajstić information content (AvgIpc) is 2.72. The summed E-state index contributed by atoms with van der Waals surface area (Å²) in [6.07, 6.45) is 0.791. The molecule has 0 bridgehead atoms. The molecule has 1 unspecified atom stereocenters. The molecule has 2 rings (SSSR count). The van der Waals surface area contributed by atoms with Crippen molar-refractivity contribution in [2.24, 2.45) is 11.8 Å². The Morgan fingerprint density at radius 1 is 1.10 bits per heavy atom. The van der Waals surface area contributed by atoms with E-state index in [1.807, 2.05) is 58.0 Å². The first kappa shape index (κ1) is 24.4. The SMILES string of the molecule is COC(=O)[C@H](CC(C)C)NC(=O)[C@@H](NC(=O)CN1C(=O)CC1c1ccccc1)C(C)C. The van der Waals surface area contributed by atoms with Crippen molar-refractivity contribution in [3.63, 3.8) is 0 Å². The number of β-lactam (4-membered cyclic amide) rings is 1. The molecule has 0 saturated carbocycles. The summed E-state index contributed by atoms with van der Waals surface area (Å²) in [4.78, 5) is 51.1. The van der Waals surface area contributed by atoms with E-state index in [1.165, 1.54) is 12.0 Å². The summed E-state index contributed by atoms with van der Waals surface area (Å²) in [6, 6.07) is 7.78. The van der Waals surface area contributed by atoms with Crippen LogP contribution in [-0.2, 0) is 23.9 Å². The number of esters is 1. The van der Waals surface area contributed by atoms with E-state index in [1.54, 1.807) is 0 Å². The van der Waals surface area contributed by atoms with Gasteiger partial charge in [0.05, 0.1) is 19.6 Å². The highest BCUT2D eigenvalue weighted by Crippen LogP contribution is 2.33. The molecule has 170 valence electrons. The molecular formula is C23H33N3O5. The third-order valence-corrected chi connectivity index (χ3v) is 5.34. The van der Waals surface area contributed by atoms with Crippen molar-refractivity contribution in [2.75, 3.05) is 13.7 Å². The molecule has 0 radical (unpaired) electrons. The van der Waals surface area contributed by atoms with Crippen LogP contribution in [0.5, 0.6) is 0 Å². The van der Waals surface area contributed by atoms with E-state index in [4.69, 9.17) is 4.74 Å². The quantitative estimate of drug-likeness (QED) is 0.434. The Balaban J connectivity index is 2.01. The molecule has 0 aromatic heterocycles. The van der Waals surface area contributed by atoms with Gasteiger partial charge in [-0.05, 0) is 23.8 Å². The second-order valence-electron chi connectivity index (χ2n) is 8.66. The Bertz CT molecular complexity index is 794. The van der Waals surface area contributed by atoms with Gasteiger partial charge in [0.2, 0.25) is 17.7 Å². The van der Waals surface area contributed by atoms with Gasteiger partial charge in [-0.3, -0.25) is 14.4 Å². The molecule has 1 aromatic rings. The lowest BCUT2D eigenvalue weighted by atomic mass is 9.94. The van der Waals surface area contributed by atoms with Gasteiger partial charge in [-0.15, -0.1) is 0 Å². The number of rotatable bonds is 10. The van der Waals surface area contributed by atoms with E-state index in [-0.39, 0.29) is 30.3 Å². The highest BCUT2D eigenvalue weighted by Gasteiger charge is 2.39. The summed E-state index contributed by atoms with van der Waals surface area (Å²) in [5.74, 6) is -1.53. The molecule has 3 amide bonds. The second kappa shape index (κ2) is 10.9. The number of ether oxygens (including phenoxy) is 1. The zero-order valence-electron chi connectivity index (χ0n) is 18.9. The number of carbonyl (C=O) groups is 4. The van der Waals surface area contributed by atoms with Crippen LogP contribution in [0.4, 0.5) is 0 Å². The van der Waals surface area contributed by atoms with Gasteiger partial charge in [-0.25, -0.2) is 4.79 Å². The minimum atomic E-state index is -0.835. The minimum Gasteiger partial charge on any atom is -0.467 e. The molecule has 8 heteroatoms. The van der Waals surface area contributed by atoms with Crippen molar-refractivity contribution in [1.82, 2.24) is 15.5 Å². The van der Waals surface area contributed by atoms with E-state index < -0.39 is 29.9 Å². The topological polar surface area (TPSA) is 105 Å². The Labute approximate surface area is 183 Å². The zero-order valence-corrected chi connectivity index (χ0v) is 18.9. The molecule has 1 saturated heterocycles. The van der Waals surface area contributed by atoms with Gasteiger partial charge in [0.1, 0.15) is 18.6 Å². The number of amides is 3. The van der Waals surface area contributed by atoms with Crippen molar-refractivity contribution < 1.29 is 23.9 Å². The van der Waals surface area contributed by atoms with Crippen LogP contribution in [0.15, 0.2) is 30.3 Å². The molecule has 1 aliphatic heterocycles. The Hall–Kier alpha value is -2.90. The van der Waals surface area contributed by atoms with E-state index in [0.29, 0.717) is 12.8 Å². The number of methoxy groups -OCH3 is 1. The van der Waals surface area contributed by atoms with Crippen LogP contribution in [-0.4, -0.2) is 54.3 Å². The highest BCUT2D eigenvalue weighted by molar-refractivity contribution is 5.93. The molecule has 8 nitrogen and oxygen atoms in total. The number of nitrogens with zero attached hydrogens (tertiary/aromatic N) is 1. The van der Waals surface area contributed by atoms with E-state index >= 15 is 0 Å². The number of likely N-dealkylation sites (tertiary alicyclic amines) is 1. The molecule has 0 aliphatic carbocycles. The normalized spacial score (nSPS) is 17.7. The monoisotopic (exact) mass is 431 g/mol. The van der Waals surface area contributed by atoms with Gasteiger partial charge < -0.3 is 20.3 Å². The van der Waals surface area contributed by atoms with Crippen LogP contribution < -0.4 is 10.6 Å². The van der Waals surface area contributed by atoms with Crippen molar-refractivity contribution in [3.8, 4) is 0 Å². The predicted molar refractivity (Wildman–Crippen MR) is 116 cm³/mol. The number of nitrogens with one attached hydrogen (secondary N) is 2. The maximum atomic E-state index is 12.8. The van der Waals surface area contributed by atoms with Gasteiger partial charge in [0.15, 0.2) is 0 Å². The summed E-state index contributed by atoms with van der Waals surface area (Å²) < 4.78 is 4.79. The van der Waals surface area contributed by atoms with Crippen LogP contribution in [0.1, 0.15) is 52.1 Å². The van der Waals surface area contributed by atoms with Crippen LogP contribution in [0.2, 0.25) is 0 Å². The second-order valence-corrected chi connectivity index (χ2v) is 8.66. The van der Waals surface area contributed by atoms with Gasteiger partial charge in [-0.1, -0.05) is 58.0 Å². The zero-order chi connectivity index (χ0) is 23.1. The standard InChI is InChI=1S/C23H33N3O5/c1-14(2)11-17(23(30)31-5)24-22(29)21(15(3)4)25-19(27)13-26-18(12-20(26)28)16-9-7-6-8-10-16/h6-10,14-15,17-18,21H,11-13H2,1-5H3,(H,24,29)(H,25,27)/t17-,18?,21-/m0/s1. The largest absolute Gasteiger partial charge is 0.467 e. The number of benzene rings is 1. The third kappa shape index (κ3) is 6.54. The first-order valence-electron chi connectivity index (χ1n) is 10.7. The van der Waals surface area contributed by atoms with Crippen LogP contribution >= 0.6 is 0 Å². The fourth-order valence-electron chi connectivity index (χ4n) is 3.62. The summed E-state index contributed by atoms with van der Waals surface area (Å²) in [5, 5.41) is 5.43. The van der Waals surface area contributed by atoms with E-state index in [0.717, 1.165) is 5.56 Å². The Morgan fingerprint density at radius 3 is 2.26 bits per heavy atom. The summed E-state index contributed by atoms with van der Waals surface area (Å²) in [5.41, 5.74) is 0.975. The van der Waals surface area contributed by atoms with Crippen LogP contribution in [0, 0.1) is 11.8 Å². The minimum absolute atomic E-state index is 0.0998. The molecule has 1 aromatic carbocycles. The number of carbonyl (C=O) groups excluding carboxylic acids is 4. The maximum Gasteiger partial charge on any atom is 0.328 e. The molecule has 0 spiro atoms. The fraction of sp³-hybridized carbons (Fsp3) is 0.565. The predicted octanol–water partition coefficient (Wildman–Crippen LogP) is 1.80. The Kier molecular flexibility index (Phi) is 8.59. The summed E-state index contributed by atoms with van der Waals surface area (Å²) in [6.45, 7) is 7.37. The first-order valence-corrected chi connectivity index (χ1v) is 10.7. The van der Waals surface area contributed by atoms with Gasteiger partial charge in [-0.2, -0.15) is 0 Å². The van der Waals surface area contributed by atoms with E-state index in [9.17, 15) is 19.2 Å². The maximum absolute atomic E-state index is 12.8. The first-order chi connectivity index (χ1) is 14.6. The lowest BCUT2D eigenvalue weighted by Gasteiger charge is -2.40. The van der Waals surface area contributed by atoms with Gasteiger partial charge >= 0.3 is 5.97 Å². The van der Waals surface area contributed by atoms with Crippen LogP contribution in [0.3, 0.4) is 0 Å². The van der Waals surface area contributed by atoms with Gasteiger partial charge in [0, 0.05) is 0 Å². The smallest absolute Gasteiger partial charge is 0.328 e. The van der Waals surface area contributed by atoms with Crippen LogP contribution in [0.25, 0.3) is 0 Å². The van der Waals surface area contributed by atoms with Crippen molar-refractivity contribution in [2.45, 2.75) is 58.7 Å². The average molecular weight is 432 g/mol. The molecule has 3 atom stereocenters. The summed E-state index contributed by atoms with van der Waals surface area (Å²) >= 11 is 0. The van der Waals surface area contributed by atoms with Crippen molar-refractivity contribution >= 4 is 23.7 Å². The molecular weight excluding hydrogens is 398 g/mol. The third-order valence-electron chi connectivity index (χ3n) is 5.34. The highest BCUT2D eigenvalue weighted by atomic mass is 16.5. The van der Waals surface area contributed by atoms with Crippen molar-refractivity contribution in [1.29, 1.82) is 0 Å². The Morgan fingerprint density at radius 2 is 1.74 bits per heavy atom. The number of hydrogen-bond donors (Lipinski definition) is 2. The molecule has 31 heavy (non-hydrogen) atoms. The van der Waals surface area contributed by atoms with Crippen molar-refractivity contribution in [3.05, 3.63) is 35.9 Å². The fourth-order valence-corrected chi connectivity index (χ4v) is 3.62. The molecule has 1 fully saturated rings. The van der Waals surface area contributed by atoms with E-state index in [2.05, 4.69) is 10.6 Å². The molecule has 1 aliphatic rings.